The van der Waals surface area contributed by atoms with Crippen molar-refractivity contribution in [1.29, 1.82) is 0 Å². The summed E-state index contributed by atoms with van der Waals surface area (Å²) in [7, 11) is 0. The monoisotopic (exact) mass is 228 g/mol. The Morgan fingerprint density at radius 1 is 1.57 bits per heavy atom. The van der Waals surface area contributed by atoms with Crippen LogP contribution in [0.2, 0.25) is 0 Å². The van der Waals surface area contributed by atoms with Crippen LogP contribution in [0.1, 0.15) is 18.5 Å². The quantitative estimate of drug-likeness (QED) is 0.805. The fourth-order valence-electron chi connectivity index (χ4n) is 1.64. The number of thioether (sulfide) groups is 1. The lowest BCUT2D eigenvalue weighted by Crippen LogP contribution is -2.28. The van der Waals surface area contributed by atoms with E-state index in [1.165, 1.54) is 36.0 Å². The number of nitrogens with one attached hydrogen (secondary N) is 1. The molecule has 0 bridgehead atoms. The predicted molar refractivity (Wildman–Crippen MR) is 63.2 cm³/mol. The van der Waals surface area contributed by atoms with Gasteiger partial charge in [0, 0.05) is 16.8 Å². The van der Waals surface area contributed by atoms with Gasteiger partial charge in [-0.1, -0.05) is 11.8 Å². The molecule has 14 heavy (non-hydrogen) atoms. The maximum atomic E-state index is 4.46. The number of thiazole rings is 1. The van der Waals surface area contributed by atoms with E-state index < -0.39 is 0 Å². The minimum atomic E-state index is 0.894. The van der Waals surface area contributed by atoms with Gasteiger partial charge in [0.15, 0.2) is 0 Å². The molecule has 2 heterocycles. The van der Waals surface area contributed by atoms with Crippen molar-refractivity contribution in [2.24, 2.45) is 5.92 Å². The van der Waals surface area contributed by atoms with Gasteiger partial charge < -0.3 is 5.32 Å². The number of hydrogen-bond donors (Lipinski definition) is 1. The van der Waals surface area contributed by atoms with Crippen LogP contribution in [0.15, 0.2) is 9.72 Å². The first-order valence-electron chi connectivity index (χ1n) is 5.10. The van der Waals surface area contributed by atoms with Crippen molar-refractivity contribution in [3.8, 4) is 0 Å². The third-order valence-corrected chi connectivity index (χ3v) is 4.87. The summed E-state index contributed by atoms with van der Waals surface area (Å²) in [4.78, 5) is 4.46. The standard InChI is InChI=1S/C10H16N2S2/c1-8-6-13-10(12-8)14-7-9-2-4-11-5-3-9/h6,9,11H,2-5,7H2,1H3. The molecule has 2 nitrogen and oxygen atoms in total. The lowest BCUT2D eigenvalue weighted by molar-refractivity contribution is 0.408. The van der Waals surface area contributed by atoms with E-state index in [0.717, 1.165) is 11.6 Å². The van der Waals surface area contributed by atoms with Crippen molar-refractivity contribution in [3.63, 3.8) is 0 Å². The molecular weight excluding hydrogens is 212 g/mol. The van der Waals surface area contributed by atoms with E-state index in [9.17, 15) is 0 Å². The van der Waals surface area contributed by atoms with E-state index in [1.54, 1.807) is 11.3 Å². The number of rotatable bonds is 3. The second-order valence-electron chi connectivity index (χ2n) is 3.76. The molecule has 0 aliphatic carbocycles. The Hall–Kier alpha value is -0.0600. The van der Waals surface area contributed by atoms with E-state index in [1.807, 2.05) is 11.8 Å². The number of hydrogen-bond acceptors (Lipinski definition) is 4. The second-order valence-corrected chi connectivity index (χ2v) is 5.88. The summed E-state index contributed by atoms with van der Waals surface area (Å²) in [6, 6.07) is 0. The fourth-order valence-corrected chi connectivity index (χ4v) is 3.70. The summed E-state index contributed by atoms with van der Waals surface area (Å²) >= 11 is 3.70. The Bertz CT molecular complexity index is 279. The average Bonchev–Trinajstić information content (AvgIpc) is 2.63. The Morgan fingerprint density at radius 2 is 2.36 bits per heavy atom. The van der Waals surface area contributed by atoms with Gasteiger partial charge in [-0.15, -0.1) is 11.3 Å². The van der Waals surface area contributed by atoms with Crippen molar-refractivity contribution < 1.29 is 0 Å². The number of aryl methyl sites for hydroxylation is 1. The highest BCUT2D eigenvalue weighted by molar-refractivity contribution is 8.01. The minimum Gasteiger partial charge on any atom is -0.317 e. The largest absolute Gasteiger partial charge is 0.317 e. The Morgan fingerprint density at radius 3 is 3.00 bits per heavy atom. The van der Waals surface area contributed by atoms with Crippen molar-refractivity contribution in [3.05, 3.63) is 11.1 Å². The first-order chi connectivity index (χ1) is 6.84. The van der Waals surface area contributed by atoms with E-state index in [-0.39, 0.29) is 0 Å². The van der Waals surface area contributed by atoms with Crippen LogP contribution < -0.4 is 5.32 Å². The molecule has 4 heteroatoms. The van der Waals surface area contributed by atoms with Gasteiger partial charge in [0.25, 0.3) is 0 Å². The van der Waals surface area contributed by atoms with E-state index >= 15 is 0 Å². The summed E-state index contributed by atoms with van der Waals surface area (Å²) in [5.74, 6) is 2.14. The summed E-state index contributed by atoms with van der Waals surface area (Å²) in [6.45, 7) is 4.45. The molecule has 0 atom stereocenters. The van der Waals surface area contributed by atoms with Crippen molar-refractivity contribution >= 4 is 23.1 Å². The molecule has 0 unspecified atom stereocenters. The molecule has 1 fully saturated rings. The summed E-state index contributed by atoms with van der Waals surface area (Å²) in [6.07, 6.45) is 2.66. The van der Waals surface area contributed by atoms with Crippen molar-refractivity contribution in [2.75, 3.05) is 18.8 Å². The number of aromatic nitrogens is 1. The van der Waals surface area contributed by atoms with Gasteiger partial charge >= 0.3 is 0 Å². The van der Waals surface area contributed by atoms with Crippen LogP contribution in [0.25, 0.3) is 0 Å². The third kappa shape index (κ3) is 2.97. The maximum Gasteiger partial charge on any atom is 0.150 e. The first kappa shape index (κ1) is 10.5. The third-order valence-electron chi connectivity index (χ3n) is 2.50. The van der Waals surface area contributed by atoms with Crippen LogP contribution in [0, 0.1) is 12.8 Å². The van der Waals surface area contributed by atoms with Gasteiger partial charge in [0.2, 0.25) is 0 Å². The van der Waals surface area contributed by atoms with Crippen LogP contribution in [-0.2, 0) is 0 Å². The van der Waals surface area contributed by atoms with Crippen molar-refractivity contribution in [1.82, 2.24) is 10.3 Å². The highest BCUT2D eigenvalue weighted by Crippen LogP contribution is 2.27. The molecular formula is C10H16N2S2. The average molecular weight is 228 g/mol. The minimum absolute atomic E-state index is 0.894. The maximum absolute atomic E-state index is 4.46. The molecule has 0 saturated carbocycles. The Labute approximate surface area is 93.5 Å². The van der Waals surface area contributed by atoms with E-state index in [4.69, 9.17) is 0 Å². The highest BCUT2D eigenvalue weighted by atomic mass is 32.2. The summed E-state index contributed by atoms with van der Waals surface area (Å²) in [5.41, 5.74) is 1.16. The molecule has 0 radical (unpaired) electrons. The molecule has 1 aliphatic heterocycles. The zero-order chi connectivity index (χ0) is 9.80. The summed E-state index contributed by atoms with van der Waals surface area (Å²) in [5, 5.41) is 5.52. The molecule has 0 spiro atoms. The van der Waals surface area contributed by atoms with Crippen LogP contribution >= 0.6 is 23.1 Å². The smallest absolute Gasteiger partial charge is 0.150 e. The van der Waals surface area contributed by atoms with Crippen LogP contribution in [0.4, 0.5) is 0 Å². The zero-order valence-corrected chi connectivity index (χ0v) is 10.1. The molecule has 1 aliphatic rings. The van der Waals surface area contributed by atoms with Crippen LogP contribution in [-0.4, -0.2) is 23.8 Å². The van der Waals surface area contributed by atoms with Crippen LogP contribution in [0.3, 0.4) is 0 Å². The molecule has 78 valence electrons. The van der Waals surface area contributed by atoms with Gasteiger partial charge in [0.1, 0.15) is 4.34 Å². The second kappa shape index (κ2) is 5.14. The number of nitrogens with zero attached hydrogens (tertiary/aromatic N) is 1. The van der Waals surface area contributed by atoms with Gasteiger partial charge in [-0.05, 0) is 38.8 Å². The molecule has 1 aromatic rings. The van der Waals surface area contributed by atoms with Gasteiger partial charge in [-0.25, -0.2) is 4.98 Å². The lowest BCUT2D eigenvalue weighted by atomic mass is 10.0. The van der Waals surface area contributed by atoms with Crippen LogP contribution in [0.5, 0.6) is 0 Å². The van der Waals surface area contributed by atoms with Gasteiger partial charge in [0.05, 0.1) is 0 Å². The van der Waals surface area contributed by atoms with Gasteiger partial charge in [-0.2, -0.15) is 0 Å². The zero-order valence-electron chi connectivity index (χ0n) is 8.45. The fraction of sp³-hybridized carbons (Fsp3) is 0.700. The van der Waals surface area contributed by atoms with E-state index in [0.29, 0.717) is 0 Å². The normalized spacial score (nSPS) is 18.6. The molecule has 0 amide bonds. The molecule has 1 aromatic heterocycles. The van der Waals surface area contributed by atoms with Gasteiger partial charge in [-0.3, -0.25) is 0 Å². The Balaban J connectivity index is 1.76. The Kier molecular flexibility index (Phi) is 3.84. The number of piperidine rings is 1. The molecule has 2 rings (SSSR count). The molecule has 1 N–H and O–H groups in total. The SMILES string of the molecule is Cc1csc(SCC2CCNCC2)n1. The lowest BCUT2D eigenvalue weighted by Gasteiger charge is -2.21. The molecule has 1 saturated heterocycles. The van der Waals surface area contributed by atoms with E-state index in [2.05, 4.69) is 22.6 Å². The summed E-state index contributed by atoms with van der Waals surface area (Å²) < 4.78 is 1.24. The molecule has 0 aromatic carbocycles. The first-order valence-corrected chi connectivity index (χ1v) is 6.97. The topological polar surface area (TPSA) is 24.9 Å². The van der Waals surface area contributed by atoms with Crippen molar-refractivity contribution in [2.45, 2.75) is 24.1 Å². The highest BCUT2D eigenvalue weighted by Gasteiger charge is 2.13. The predicted octanol–water partition coefficient (Wildman–Crippen LogP) is 2.54.